The van der Waals surface area contributed by atoms with E-state index in [-0.39, 0.29) is 11.9 Å². The zero-order chi connectivity index (χ0) is 17.4. The van der Waals surface area contributed by atoms with Crippen LogP contribution in [0.1, 0.15) is 0 Å². The van der Waals surface area contributed by atoms with E-state index >= 15 is 0 Å². The van der Waals surface area contributed by atoms with Gasteiger partial charge in [-0.3, -0.25) is 19.5 Å². The number of hydrogen-bond donors (Lipinski definition) is 2. The average Bonchev–Trinajstić information content (AvgIpc) is 3.01. The number of para-hydroxylation sites is 1. The molecule has 2 aromatic heterocycles. The fourth-order valence-electron chi connectivity index (χ4n) is 2.59. The summed E-state index contributed by atoms with van der Waals surface area (Å²) >= 11 is 1.34. The number of carbonyl (C=O) groups excluding carboxylic acids is 1. The number of fused-ring (bicyclic) bond motifs is 2. The molecule has 0 aliphatic heterocycles. The zero-order valence-corrected chi connectivity index (χ0v) is 13.7. The van der Waals surface area contributed by atoms with E-state index in [4.69, 9.17) is 0 Å². The fourth-order valence-corrected chi connectivity index (χ4v) is 3.47. The van der Waals surface area contributed by atoms with Crippen LogP contribution in [-0.2, 0) is 11.3 Å². The maximum Gasteiger partial charge on any atom is 0.273 e. The predicted molar refractivity (Wildman–Crippen MR) is 97.1 cm³/mol. The Labute approximate surface area is 144 Å². The fraction of sp³-hybridized carbons (Fsp3) is 0.0588. The smallest absolute Gasteiger partial charge is 0.273 e. The highest BCUT2D eigenvalue weighted by Crippen LogP contribution is 2.25. The number of aromatic amines is 1. The first-order chi connectivity index (χ1) is 12.1. The molecule has 0 atom stereocenters. The molecule has 1 amide bonds. The number of hydrogen-bond acceptors (Lipinski definition) is 5. The Morgan fingerprint density at radius 1 is 1.08 bits per heavy atom. The van der Waals surface area contributed by atoms with Crippen LogP contribution in [-0.4, -0.2) is 20.7 Å². The first-order valence-corrected chi connectivity index (χ1v) is 8.31. The van der Waals surface area contributed by atoms with Crippen LogP contribution in [0.15, 0.2) is 58.1 Å². The lowest BCUT2D eigenvalue weighted by atomic mass is 10.2. The molecule has 0 aliphatic carbocycles. The van der Waals surface area contributed by atoms with Gasteiger partial charge >= 0.3 is 0 Å². The van der Waals surface area contributed by atoms with Crippen LogP contribution in [0.5, 0.6) is 0 Å². The van der Waals surface area contributed by atoms with Gasteiger partial charge in [-0.05, 0) is 24.3 Å². The molecule has 0 unspecified atom stereocenters. The topological polar surface area (TPSA) is 96.9 Å². The molecule has 25 heavy (non-hydrogen) atoms. The molecule has 0 aliphatic rings. The highest BCUT2D eigenvalue weighted by molar-refractivity contribution is 7.22. The van der Waals surface area contributed by atoms with Crippen molar-refractivity contribution in [2.75, 3.05) is 5.32 Å². The minimum Gasteiger partial charge on any atom is -0.300 e. The monoisotopic (exact) mass is 352 g/mol. The van der Waals surface area contributed by atoms with Gasteiger partial charge in [0.2, 0.25) is 5.91 Å². The van der Waals surface area contributed by atoms with Crippen molar-refractivity contribution in [3.8, 4) is 0 Å². The van der Waals surface area contributed by atoms with Gasteiger partial charge in [0.05, 0.1) is 21.0 Å². The van der Waals surface area contributed by atoms with Crippen molar-refractivity contribution in [1.29, 1.82) is 0 Å². The van der Waals surface area contributed by atoms with Crippen molar-refractivity contribution in [3.05, 3.63) is 69.2 Å². The lowest BCUT2D eigenvalue weighted by molar-refractivity contribution is -0.117. The van der Waals surface area contributed by atoms with Crippen LogP contribution < -0.4 is 16.4 Å². The molecule has 8 heteroatoms. The molecule has 0 fully saturated rings. The third-order valence-electron chi connectivity index (χ3n) is 3.73. The summed E-state index contributed by atoms with van der Waals surface area (Å²) in [4.78, 5) is 41.0. The van der Waals surface area contributed by atoms with Crippen molar-refractivity contribution in [2.24, 2.45) is 0 Å². The number of H-pyrrole nitrogens is 1. The second kappa shape index (κ2) is 5.99. The SMILES string of the molecule is O=C(Cn1[nH]c(=O)c2ccccc2c1=O)Nc1nc2ccccc2s1. The molecular weight excluding hydrogens is 340 g/mol. The molecule has 4 aromatic rings. The average molecular weight is 352 g/mol. The van der Waals surface area contributed by atoms with E-state index in [0.29, 0.717) is 10.5 Å². The van der Waals surface area contributed by atoms with E-state index in [0.717, 1.165) is 14.9 Å². The highest BCUT2D eigenvalue weighted by atomic mass is 32.1. The molecule has 2 aromatic carbocycles. The second-order valence-electron chi connectivity index (χ2n) is 5.41. The van der Waals surface area contributed by atoms with Crippen molar-refractivity contribution >= 4 is 43.4 Å². The van der Waals surface area contributed by atoms with Crippen LogP contribution >= 0.6 is 11.3 Å². The Morgan fingerprint density at radius 3 is 2.60 bits per heavy atom. The van der Waals surface area contributed by atoms with Crippen LogP contribution in [0, 0.1) is 0 Å². The zero-order valence-electron chi connectivity index (χ0n) is 12.9. The minimum atomic E-state index is -0.438. The summed E-state index contributed by atoms with van der Waals surface area (Å²) < 4.78 is 1.96. The number of anilines is 1. The van der Waals surface area contributed by atoms with Crippen LogP contribution in [0.3, 0.4) is 0 Å². The first kappa shape index (κ1) is 15.3. The van der Waals surface area contributed by atoms with E-state index in [1.54, 1.807) is 24.3 Å². The minimum absolute atomic E-state index is 0.277. The van der Waals surface area contributed by atoms with Gasteiger partial charge in [-0.2, -0.15) is 0 Å². The predicted octanol–water partition coefficient (Wildman–Crippen LogP) is 1.94. The van der Waals surface area contributed by atoms with Gasteiger partial charge in [-0.25, -0.2) is 9.67 Å². The third-order valence-corrected chi connectivity index (χ3v) is 4.68. The van der Waals surface area contributed by atoms with Gasteiger partial charge in [0.25, 0.3) is 11.1 Å². The maximum absolute atomic E-state index is 12.4. The van der Waals surface area contributed by atoms with Gasteiger partial charge in [0.15, 0.2) is 5.13 Å². The number of benzene rings is 2. The van der Waals surface area contributed by atoms with Crippen molar-refractivity contribution in [2.45, 2.75) is 6.54 Å². The van der Waals surface area contributed by atoms with Gasteiger partial charge in [-0.1, -0.05) is 35.6 Å². The Kier molecular flexibility index (Phi) is 3.66. The van der Waals surface area contributed by atoms with Gasteiger partial charge in [-0.15, -0.1) is 0 Å². The van der Waals surface area contributed by atoms with Crippen LogP contribution in [0.4, 0.5) is 5.13 Å². The quantitative estimate of drug-likeness (QED) is 0.589. The maximum atomic E-state index is 12.4. The van der Waals surface area contributed by atoms with Crippen molar-refractivity contribution in [1.82, 2.24) is 14.8 Å². The summed E-state index contributed by atoms with van der Waals surface area (Å²) in [5.41, 5.74) is -0.0447. The molecule has 124 valence electrons. The molecule has 0 radical (unpaired) electrons. The number of carbonyl (C=O) groups is 1. The van der Waals surface area contributed by atoms with Crippen LogP contribution in [0.2, 0.25) is 0 Å². The van der Waals surface area contributed by atoms with E-state index in [2.05, 4.69) is 15.4 Å². The van der Waals surface area contributed by atoms with Crippen molar-refractivity contribution in [3.63, 3.8) is 0 Å². The Morgan fingerprint density at radius 2 is 1.80 bits per heavy atom. The van der Waals surface area contributed by atoms with E-state index in [1.807, 2.05) is 24.3 Å². The first-order valence-electron chi connectivity index (χ1n) is 7.49. The highest BCUT2D eigenvalue weighted by Gasteiger charge is 2.12. The molecular formula is C17H12N4O3S. The number of nitrogens with zero attached hydrogens (tertiary/aromatic N) is 2. The standard InChI is InChI=1S/C17H12N4O3S/c22-14(19-17-18-12-7-3-4-8-13(12)25-17)9-21-16(24)11-6-2-1-5-10(11)15(23)20-21/h1-8H,9H2,(H,20,23)(H,18,19,22). The summed E-state index contributed by atoms with van der Waals surface area (Å²) in [7, 11) is 0. The summed E-state index contributed by atoms with van der Waals surface area (Å²) in [6.07, 6.45) is 0. The number of thiazole rings is 1. The Balaban J connectivity index is 1.62. The number of aromatic nitrogens is 3. The summed E-state index contributed by atoms with van der Waals surface area (Å²) in [6, 6.07) is 14.0. The molecule has 7 nitrogen and oxygen atoms in total. The van der Waals surface area contributed by atoms with Gasteiger partial charge in [0.1, 0.15) is 6.54 Å². The van der Waals surface area contributed by atoms with E-state index in [1.165, 1.54) is 11.3 Å². The van der Waals surface area contributed by atoms with Crippen LogP contribution in [0.25, 0.3) is 21.0 Å². The lowest BCUT2D eigenvalue weighted by Gasteiger charge is -2.06. The van der Waals surface area contributed by atoms with Gasteiger partial charge in [0, 0.05) is 0 Å². The summed E-state index contributed by atoms with van der Waals surface area (Å²) in [6.45, 7) is -0.297. The van der Waals surface area contributed by atoms with Gasteiger partial charge < -0.3 is 5.32 Å². The summed E-state index contributed by atoms with van der Waals surface area (Å²) in [5.74, 6) is -0.438. The summed E-state index contributed by atoms with van der Waals surface area (Å²) in [5, 5.41) is 6.12. The Bertz CT molecular complexity index is 1190. The second-order valence-corrected chi connectivity index (χ2v) is 6.44. The molecule has 2 N–H and O–H groups in total. The molecule has 0 spiro atoms. The molecule has 4 rings (SSSR count). The van der Waals surface area contributed by atoms with Crippen molar-refractivity contribution < 1.29 is 4.79 Å². The number of rotatable bonds is 3. The molecule has 2 heterocycles. The molecule has 0 saturated heterocycles. The number of nitrogens with one attached hydrogen (secondary N) is 2. The Hall–Kier alpha value is -3.26. The molecule has 0 saturated carbocycles. The molecule has 0 bridgehead atoms. The number of amides is 1. The third kappa shape index (κ3) is 2.83. The normalized spacial score (nSPS) is 11.0. The largest absolute Gasteiger partial charge is 0.300 e. The van der Waals surface area contributed by atoms with E-state index in [9.17, 15) is 14.4 Å². The lowest BCUT2D eigenvalue weighted by Crippen LogP contribution is -2.34. The van der Waals surface area contributed by atoms with E-state index < -0.39 is 17.0 Å².